The first-order valence-electron chi connectivity index (χ1n) is 9.95. The maximum atomic E-state index is 13.9. The summed E-state index contributed by atoms with van der Waals surface area (Å²) < 4.78 is 189. The molecular weight excluding hydrogens is 765 g/mol. The SMILES string of the molecule is CF.O=c1c2c(Br)c3c(=O)n(CC(F)(F)C(F)(F)C(F)(F)F)c(=O)c3c(Br)c2c(=O)n1CC(F)(F)C(F)(F)C(F)(F)F. The Hall–Kier alpha value is -2.59. The number of halogens is 17. The number of alkyl halides is 15. The van der Waals surface area contributed by atoms with E-state index in [4.69, 9.17) is 0 Å². The van der Waals surface area contributed by atoms with Crippen LogP contribution in [0.5, 0.6) is 0 Å². The van der Waals surface area contributed by atoms with Gasteiger partial charge in [-0.05, 0) is 31.9 Å². The van der Waals surface area contributed by atoms with Gasteiger partial charge in [0.15, 0.2) is 0 Å². The van der Waals surface area contributed by atoms with E-state index in [-0.39, 0.29) is 0 Å². The van der Waals surface area contributed by atoms with Gasteiger partial charge in [-0.3, -0.25) is 32.7 Å². The lowest BCUT2D eigenvalue weighted by molar-refractivity contribution is -0.357. The molecule has 2 aromatic heterocycles. The third-order valence-corrected chi connectivity index (χ3v) is 7.14. The Balaban J connectivity index is 0.00000301. The molecule has 0 N–H and O–H groups in total. The number of fused-ring (bicyclic) bond motifs is 2. The van der Waals surface area contributed by atoms with Crippen molar-refractivity contribution in [1.82, 2.24) is 9.13 Å². The van der Waals surface area contributed by atoms with Crippen molar-refractivity contribution in [2.24, 2.45) is 0 Å². The van der Waals surface area contributed by atoms with Gasteiger partial charge < -0.3 is 0 Å². The number of aromatic nitrogens is 2. The van der Waals surface area contributed by atoms with Crippen LogP contribution in [0.25, 0.3) is 21.5 Å². The molecule has 236 valence electrons. The van der Waals surface area contributed by atoms with Gasteiger partial charge in [-0.15, -0.1) is 0 Å². The number of rotatable bonds is 6. The predicted molar refractivity (Wildman–Crippen MR) is 119 cm³/mol. The molecule has 0 bridgehead atoms. The smallest absolute Gasteiger partial charge is 0.269 e. The Bertz CT molecular complexity index is 1540. The van der Waals surface area contributed by atoms with Gasteiger partial charge in [0, 0.05) is 8.95 Å². The summed E-state index contributed by atoms with van der Waals surface area (Å²) in [6.07, 6.45) is -13.7. The zero-order valence-electron chi connectivity index (χ0n) is 19.4. The van der Waals surface area contributed by atoms with Gasteiger partial charge in [0.25, 0.3) is 22.2 Å². The van der Waals surface area contributed by atoms with E-state index in [1.165, 1.54) is 0 Å². The normalized spacial score (nSPS) is 14.0. The number of hydrogen-bond acceptors (Lipinski definition) is 4. The average molecular weight is 772 g/mol. The third-order valence-electron chi connectivity index (χ3n) is 5.56. The third kappa shape index (κ3) is 5.02. The van der Waals surface area contributed by atoms with Crippen LogP contribution in [0.2, 0.25) is 0 Å². The highest BCUT2D eigenvalue weighted by Crippen LogP contribution is 2.48. The zero-order chi connectivity index (χ0) is 33.3. The molecule has 3 rings (SSSR count). The van der Waals surface area contributed by atoms with E-state index in [1.807, 2.05) is 0 Å². The van der Waals surface area contributed by atoms with Crippen LogP contribution in [-0.2, 0) is 13.1 Å². The van der Waals surface area contributed by atoms with Crippen molar-refractivity contribution in [3.8, 4) is 0 Å². The van der Waals surface area contributed by atoms with Gasteiger partial charge >= 0.3 is 36.0 Å². The van der Waals surface area contributed by atoms with Crippen molar-refractivity contribution < 1.29 is 65.9 Å². The summed E-state index contributed by atoms with van der Waals surface area (Å²) in [6, 6.07) is 0. The van der Waals surface area contributed by atoms with Gasteiger partial charge in [-0.25, -0.2) is 0 Å². The molecule has 2 heterocycles. The van der Waals surface area contributed by atoms with Gasteiger partial charge in [0.1, 0.15) is 0 Å². The highest BCUT2D eigenvalue weighted by Gasteiger charge is 2.74. The topological polar surface area (TPSA) is 78.1 Å². The maximum Gasteiger partial charge on any atom is 0.459 e. The van der Waals surface area contributed by atoms with E-state index in [9.17, 15) is 85.0 Å². The Morgan fingerprint density at radius 3 is 0.833 bits per heavy atom. The molecule has 0 saturated heterocycles. The Kier molecular flexibility index (Phi) is 8.94. The van der Waals surface area contributed by atoms with E-state index in [0.29, 0.717) is 7.18 Å². The molecule has 0 unspecified atom stereocenters. The number of hydrogen-bond donors (Lipinski definition) is 0. The van der Waals surface area contributed by atoms with Crippen molar-refractivity contribution in [2.75, 3.05) is 7.18 Å². The van der Waals surface area contributed by atoms with Crippen LogP contribution < -0.4 is 22.2 Å². The van der Waals surface area contributed by atoms with E-state index in [0.717, 1.165) is 0 Å². The fourth-order valence-electron chi connectivity index (χ4n) is 3.51. The Labute approximate surface area is 235 Å². The fourth-order valence-corrected chi connectivity index (χ4v) is 4.99. The summed E-state index contributed by atoms with van der Waals surface area (Å²) in [4.78, 5) is 50.5. The summed E-state index contributed by atoms with van der Waals surface area (Å²) in [6.45, 7) is -5.77. The standard InChI is InChI=1S/C18H4Br2F14N2O4.CH3F/c19-7-3-4(10(38)35(9(3)37)1-13(21,22)15(25,26)17(29,30)31)8(20)6-5(7)11(39)36(12(6)40)2-14(23,24)16(27,28)18(32,33)34;1-2/h1-2H2;1H3. The summed E-state index contributed by atoms with van der Waals surface area (Å²) >= 11 is 4.92. The summed E-state index contributed by atoms with van der Waals surface area (Å²) in [7, 11) is 0.500. The molecule has 1 aromatic carbocycles. The minimum Gasteiger partial charge on any atom is -0.269 e. The van der Waals surface area contributed by atoms with Gasteiger partial charge in [-0.2, -0.15) is 61.5 Å². The van der Waals surface area contributed by atoms with Gasteiger partial charge in [-0.1, -0.05) is 0 Å². The number of benzene rings is 1. The van der Waals surface area contributed by atoms with Crippen LogP contribution in [0.4, 0.5) is 65.9 Å². The average Bonchev–Trinajstić information content (AvgIpc) is 3.22. The van der Waals surface area contributed by atoms with Gasteiger partial charge in [0.05, 0.1) is 41.8 Å². The minimum absolute atomic E-state index is 0.500. The highest BCUT2D eigenvalue weighted by atomic mass is 79.9. The quantitative estimate of drug-likeness (QED) is 0.302. The first kappa shape index (κ1) is 35.6. The first-order chi connectivity index (χ1) is 18.7. The largest absolute Gasteiger partial charge is 0.459 e. The lowest BCUT2D eigenvalue weighted by Crippen LogP contribution is -2.55. The summed E-state index contributed by atoms with van der Waals surface area (Å²) in [5.74, 6) is -25.8. The van der Waals surface area contributed by atoms with E-state index >= 15 is 0 Å². The van der Waals surface area contributed by atoms with Crippen LogP contribution in [-0.4, -0.2) is 52.4 Å². The van der Waals surface area contributed by atoms with Crippen LogP contribution in [0.1, 0.15) is 0 Å². The highest BCUT2D eigenvalue weighted by molar-refractivity contribution is 9.11. The maximum absolute atomic E-state index is 13.9. The van der Waals surface area contributed by atoms with Crippen molar-refractivity contribution in [2.45, 2.75) is 49.1 Å². The number of nitrogens with zero attached hydrogens (tertiary/aromatic N) is 2. The second-order valence-electron chi connectivity index (χ2n) is 8.07. The molecule has 0 atom stereocenters. The van der Waals surface area contributed by atoms with Crippen molar-refractivity contribution in [3.63, 3.8) is 0 Å². The molecule has 0 amide bonds. The summed E-state index contributed by atoms with van der Waals surface area (Å²) in [5.41, 5.74) is -8.22. The van der Waals surface area contributed by atoms with Crippen molar-refractivity contribution >= 4 is 53.4 Å². The van der Waals surface area contributed by atoms with Crippen LogP contribution in [0, 0.1) is 0 Å². The molecule has 6 nitrogen and oxygen atoms in total. The monoisotopic (exact) mass is 770 g/mol. The van der Waals surface area contributed by atoms with Crippen LogP contribution in [0.15, 0.2) is 28.1 Å². The molecule has 23 heteroatoms. The van der Waals surface area contributed by atoms with Crippen molar-refractivity contribution in [3.05, 3.63) is 50.4 Å². The Morgan fingerprint density at radius 1 is 0.476 bits per heavy atom. The molecule has 0 aliphatic carbocycles. The molecule has 42 heavy (non-hydrogen) atoms. The second-order valence-corrected chi connectivity index (χ2v) is 9.66. The molecule has 0 fully saturated rings. The first-order valence-corrected chi connectivity index (χ1v) is 11.5. The van der Waals surface area contributed by atoms with Crippen LogP contribution in [0.3, 0.4) is 0 Å². The molecule has 0 aliphatic heterocycles. The van der Waals surface area contributed by atoms with E-state index in [2.05, 4.69) is 31.9 Å². The predicted octanol–water partition coefficient (Wildman–Crippen LogP) is 5.69. The van der Waals surface area contributed by atoms with E-state index < -0.39 is 111 Å². The lowest BCUT2D eigenvalue weighted by atomic mass is 10.1. The van der Waals surface area contributed by atoms with Crippen molar-refractivity contribution in [1.29, 1.82) is 0 Å². The molecule has 0 spiro atoms. The second kappa shape index (κ2) is 10.5. The lowest BCUT2D eigenvalue weighted by Gasteiger charge is -2.27. The Morgan fingerprint density at radius 2 is 0.667 bits per heavy atom. The van der Waals surface area contributed by atoms with Gasteiger partial charge in [0.2, 0.25) is 0 Å². The molecule has 0 saturated carbocycles. The molecule has 0 radical (unpaired) electrons. The molecule has 3 aromatic rings. The fraction of sp³-hybridized carbons (Fsp3) is 0.474. The molecule has 0 aliphatic rings. The molecular formula is C19H7Br2F15N2O4. The zero-order valence-corrected chi connectivity index (χ0v) is 22.5. The minimum atomic E-state index is -6.86. The van der Waals surface area contributed by atoms with Crippen LogP contribution >= 0.6 is 31.9 Å². The summed E-state index contributed by atoms with van der Waals surface area (Å²) in [5, 5.41) is -4.96. The van der Waals surface area contributed by atoms with E-state index in [1.54, 1.807) is 0 Å².